The predicted molar refractivity (Wildman–Crippen MR) is 110 cm³/mol. The van der Waals surface area contributed by atoms with Crippen LogP contribution in [0.3, 0.4) is 0 Å². The fourth-order valence-corrected chi connectivity index (χ4v) is 3.24. The van der Waals surface area contributed by atoms with E-state index in [-0.39, 0.29) is 17.1 Å². The number of nitro benzene ring substituents is 1. The SMILES string of the molecule is CCOc1ccc(Br)cc1-c1cc(-c2ccccc2[N+](=O)[O-])nc(N)c1C#N. The molecule has 0 saturated carbocycles. The zero-order valence-electron chi connectivity index (χ0n) is 14.8. The lowest BCUT2D eigenvalue weighted by molar-refractivity contribution is -0.384. The van der Waals surface area contributed by atoms with Crippen LogP contribution >= 0.6 is 15.9 Å². The molecule has 0 radical (unpaired) electrons. The van der Waals surface area contributed by atoms with Crippen LogP contribution in [0, 0.1) is 21.4 Å². The molecule has 1 heterocycles. The third-order valence-corrected chi connectivity index (χ3v) is 4.56. The third kappa shape index (κ3) is 3.66. The van der Waals surface area contributed by atoms with Crippen molar-refractivity contribution in [3.05, 3.63) is 68.7 Å². The van der Waals surface area contributed by atoms with E-state index < -0.39 is 4.92 Å². The lowest BCUT2D eigenvalue weighted by Crippen LogP contribution is -2.02. The number of halogens is 1. The minimum Gasteiger partial charge on any atom is -0.493 e. The molecule has 0 aliphatic rings. The van der Waals surface area contributed by atoms with Gasteiger partial charge in [-0.3, -0.25) is 10.1 Å². The number of rotatable bonds is 5. The number of aromatic nitrogens is 1. The van der Waals surface area contributed by atoms with Gasteiger partial charge in [-0.25, -0.2) is 4.98 Å². The minimum absolute atomic E-state index is 0.00410. The van der Waals surface area contributed by atoms with E-state index in [0.717, 1.165) is 4.47 Å². The molecule has 8 heteroatoms. The van der Waals surface area contributed by atoms with Gasteiger partial charge in [0.05, 0.1) is 22.8 Å². The quantitative estimate of drug-likeness (QED) is 0.445. The largest absolute Gasteiger partial charge is 0.493 e. The maximum absolute atomic E-state index is 11.4. The van der Waals surface area contributed by atoms with Crippen LogP contribution in [0.25, 0.3) is 22.4 Å². The van der Waals surface area contributed by atoms with Gasteiger partial charge in [-0.05, 0) is 37.3 Å². The molecular formula is C20H15BrN4O3. The molecule has 1 aromatic heterocycles. The third-order valence-electron chi connectivity index (χ3n) is 4.07. The molecule has 0 aliphatic heterocycles. The zero-order valence-corrected chi connectivity index (χ0v) is 16.4. The number of ether oxygens (including phenoxy) is 1. The molecule has 0 amide bonds. The van der Waals surface area contributed by atoms with Crippen LogP contribution in [0.2, 0.25) is 0 Å². The summed E-state index contributed by atoms with van der Waals surface area (Å²) in [6.07, 6.45) is 0. The fourth-order valence-electron chi connectivity index (χ4n) is 2.88. The molecule has 28 heavy (non-hydrogen) atoms. The number of hydrogen-bond acceptors (Lipinski definition) is 6. The number of nitrogens with two attached hydrogens (primary N) is 1. The van der Waals surface area contributed by atoms with Gasteiger partial charge in [-0.15, -0.1) is 0 Å². The van der Waals surface area contributed by atoms with Gasteiger partial charge < -0.3 is 10.5 Å². The van der Waals surface area contributed by atoms with Crippen molar-refractivity contribution < 1.29 is 9.66 Å². The lowest BCUT2D eigenvalue weighted by Gasteiger charge is -2.14. The van der Waals surface area contributed by atoms with Crippen molar-refractivity contribution in [1.82, 2.24) is 4.98 Å². The van der Waals surface area contributed by atoms with E-state index in [1.807, 2.05) is 19.1 Å². The van der Waals surface area contributed by atoms with Gasteiger partial charge in [0, 0.05) is 21.7 Å². The summed E-state index contributed by atoms with van der Waals surface area (Å²) >= 11 is 3.43. The Morgan fingerprint density at radius 1 is 1.21 bits per heavy atom. The second-order valence-electron chi connectivity index (χ2n) is 5.77. The van der Waals surface area contributed by atoms with Gasteiger partial charge in [0.2, 0.25) is 0 Å². The van der Waals surface area contributed by atoms with Gasteiger partial charge in [0.15, 0.2) is 0 Å². The Morgan fingerprint density at radius 2 is 1.96 bits per heavy atom. The smallest absolute Gasteiger partial charge is 0.278 e. The van der Waals surface area contributed by atoms with Crippen molar-refractivity contribution >= 4 is 27.4 Å². The Labute approximate surface area is 169 Å². The summed E-state index contributed by atoms with van der Waals surface area (Å²) in [5.41, 5.74) is 7.89. The Balaban J connectivity index is 2.32. The number of hydrogen-bond donors (Lipinski definition) is 1. The highest BCUT2D eigenvalue weighted by Crippen LogP contribution is 2.39. The zero-order chi connectivity index (χ0) is 20.3. The van der Waals surface area contributed by atoms with Crippen molar-refractivity contribution in [3.63, 3.8) is 0 Å². The van der Waals surface area contributed by atoms with Gasteiger partial charge in [-0.1, -0.05) is 28.1 Å². The summed E-state index contributed by atoms with van der Waals surface area (Å²) in [6, 6.07) is 15.4. The molecule has 3 aromatic rings. The highest BCUT2D eigenvalue weighted by atomic mass is 79.9. The Bertz CT molecular complexity index is 1110. The molecule has 0 spiro atoms. The number of benzene rings is 2. The van der Waals surface area contributed by atoms with Gasteiger partial charge in [0.25, 0.3) is 5.69 Å². The maximum Gasteiger partial charge on any atom is 0.278 e. The topological polar surface area (TPSA) is 115 Å². The number of nitriles is 1. The number of anilines is 1. The second kappa shape index (κ2) is 8.06. The summed E-state index contributed by atoms with van der Waals surface area (Å²) < 4.78 is 6.48. The van der Waals surface area contributed by atoms with Gasteiger partial charge in [0.1, 0.15) is 23.2 Å². The minimum atomic E-state index is -0.476. The number of nitrogens with zero attached hydrogens (tertiary/aromatic N) is 3. The molecule has 0 aliphatic carbocycles. The van der Waals surface area contributed by atoms with Crippen LogP contribution < -0.4 is 10.5 Å². The van der Waals surface area contributed by atoms with Crippen LogP contribution in [-0.4, -0.2) is 16.5 Å². The first-order chi connectivity index (χ1) is 13.5. The summed E-state index contributed by atoms with van der Waals surface area (Å²) in [4.78, 5) is 15.2. The highest BCUT2D eigenvalue weighted by molar-refractivity contribution is 9.10. The summed E-state index contributed by atoms with van der Waals surface area (Å²) in [5.74, 6) is 0.567. The molecular weight excluding hydrogens is 424 g/mol. The molecule has 7 nitrogen and oxygen atoms in total. The molecule has 2 N–H and O–H groups in total. The van der Waals surface area contributed by atoms with Crippen molar-refractivity contribution in [2.75, 3.05) is 12.3 Å². The van der Waals surface area contributed by atoms with Gasteiger partial charge in [-0.2, -0.15) is 5.26 Å². The molecule has 0 unspecified atom stereocenters. The Kier molecular flexibility index (Phi) is 5.57. The van der Waals surface area contributed by atoms with Crippen molar-refractivity contribution in [3.8, 4) is 34.2 Å². The molecule has 2 aromatic carbocycles. The summed E-state index contributed by atoms with van der Waals surface area (Å²) in [7, 11) is 0. The molecule has 0 saturated heterocycles. The second-order valence-corrected chi connectivity index (χ2v) is 6.69. The number of para-hydroxylation sites is 1. The van der Waals surface area contributed by atoms with Crippen LogP contribution in [0.5, 0.6) is 5.75 Å². The highest BCUT2D eigenvalue weighted by Gasteiger charge is 2.21. The molecule has 3 rings (SSSR count). The maximum atomic E-state index is 11.4. The standard InChI is InChI=1S/C20H15BrN4O3/c1-2-28-19-8-7-12(21)9-15(19)14-10-17(24-20(23)16(14)11-22)13-5-3-4-6-18(13)25(26)27/h3-10H,2H2,1H3,(H2,23,24). The molecule has 0 bridgehead atoms. The van der Waals surface area contributed by atoms with Crippen molar-refractivity contribution in [2.24, 2.45) is 0 Å². The van der Waals surface area contributed by atoms with E-state index in [0.29, 0.717) is 34.7 Å². The van der Waals surface area contributed by atoms with Crippen molar-refractivity contribution in [1.29, 1.82) is 5.26 Å². The first kappa shape index (κ1) is 19.3. The molecule has 0 atom stereocenters. The monoisotopic (exact) mass is 438 g/mol. The van der Waals surface area contributed by atoms with Crippen LogP contribution in [0.1, 0.15) is 12.5 Å². The number of pyridine rings is 1. The van der Waals surface area contributed by atoms with Crippen LogP contribution in [-0.2, 0) is 0 Å². The first-order valence-corrected chi connectivity index (χ1v) is 9.12. The lowest BCUT2D eigenvalue weighted by atomic mass is 9.97. The first-order valence-electron chi connectivity index (χ1n) is 8.33. The Morgan fingerprint density at radius 3 is 2.64 bits per heavy atom. The van der Waals surface area contributed by atoms with Crippen molar-refractivity contribution in [2.45, 2.75) is 6.92 Å². The van der Waals surface area contributed by atoms with E-state index >= 15 is 0 Å². The van der Waals surface area contributed by atoms with E-state index in [1.165, 1.54) is 6.07 Å². The summed E-state index contributed by atoms with van der Waals surface area (Å²) in [5, 5.41) is 21.0. The molecule has 0 fully saturated rings. The van der Waals surface area contributed by atoms with E-state index in [2.05, 4.69) is 27.0 Å². The molecule has 140 valence electrons. The van der Waals surface area contributed by atoms with E-state index in [4.69, 9.17) is 10.5 Å². The average Bonchev–Trinajstić information content (AvgIpc) is 2.68. The summed E-state index contributed by atoms with van der Waals surface area (Å²) in [6.45, 7) is 2.30. The van der Waals surface area contributed by atoms with Gasteiger partial charge >= 0.3 is 0 Å². The predicted octanol–water partition coefficient (Wildman–Crippen LogP) is 4.94. The number of nitrogen functional groups attached to an aromatic ring is 1. The normalized spacial score (nSPS) is 10.3. The van der Waals surface area contributed by atoms with Crippen LogP contribution in [0.4, 0.5) is 11.5 Å². The number of nitro groups is 1. The Hall–Kier alpha value is -3.44. The van der Waals surface area contributed by atoms with Crippen LogP contribution in [0.15, 0.2) is 53.0 Å². The van der Waals surface area contributed by atoms with E-state index in [1.54, 1.807) is 30.3 Å². The average molecular weight is 439 g/mol. The fraction of sp³-hybridized carbons (Fsp3) is 0.100. The van der Waals surface area contributed by atoms with E-state index in [9.17, 15) is 15.4 Å².